The fourth-order valence-corrected chi connectivity index (χ4v) is 2.62. The molecule has 0 atom stereocenters. The average Bonchev–Trinajstić information content (AvgIpc) is 3.03. The molecule has 1 aromatic heterocycles. The van der Waals surface area contributed by atoms with Gasteiger partial charge in [-0.1, -0.05) is 39.5 Å². The molecule has 0 fully saturated rings. The van der Waals surface area contributed by atoms with Gasteiger partial charge in [-0.15, -0.1) is 15.0 Å². The lowest BCUT2D eigenvalue weighted by Crippen LogP contribution is -2.21. The maximum atomic E-state index is 11.5. The Balaban J connectivity index is 2.13. The van der Waals surface area contributed by atoms with E-state index < -0.39 is 0 Å². The third kappa shape index (κ3) is 3.44. The van der Waals surface area contributed by atoms with Crippen LogP contribution < -0.4 is 5.32 Å². The standard InChI is InChI=1S/C20H22N4O2/c1-5-18(25)21-12-13-10-14(20(2,3)4)11-17(19(13)26)24-22-15-8-6-7-9-16(15)23-24/h5-11,26H,1,12H2,2-4H3,(H,21,25). The minimum absolute atomic E-state index is 0.0441. The van der Waals surface area contributed by atoms with Crippen LogP contribution in [-0.4, -0.2) is 26.0 Å². The number of phenolic OH excluding ortho intramolecular Hbond substituents is 1. The Labute approximate surface area is 152 Å². The summed E-state index contributed by atoms with van der Waals surface area (Å²) in [6, 6.07) is 11.3. The monoisotopic (exact) mass is 350 g/mol. The molecule has 0 aliphatic heterocycles. The van der Waals surface area contributed by atoms with Crippen LogP contribution in [0.2, 0.25) is 0 Å². The number of nitrogens with one attached hydrogen (secondary N) is 1. The predicted molar refractivity (Wildman–Crippen MR) is 101 cm³/mol. The van der Waals surface area contributed by atoms with Crippen LogP contribution in [0.3, 0.4) is 0 Å². The van der Waals surface area contributed by atoms with Gasteiger partial charge in [0.1, 0.15) is 22.5 Å². The van der Waals surface area contributed by atoms with Gasteiger partial charge in [0.15, 0.2) is 0 Å². The van der Waals surface area contributed by atoms with Crippen molar-refractivity contribution in [2.24, 2.45) is 0 Å². The van der Waals surface area contributed by atoms with Crippen LogP contribution in [0.4, 0.5) is 0 Å². The number of rotatable bonds is 4. The minimum atomic E-state index is -0.296. The first-order chi connectivity index (χ1) is 12.3. The van der Waals surface area contributed by atoms with E-state index in [1.807, 2.05) is 36.4 Å². The summed E-state index contributed by atoms with van der Waals surface area (Å²) in [7, 11) is 0. The van der Waals surface area contributed by atoms with E-state index in [-0.39, 0.29) is 23.6 Å². The lowest BCUT2D eigenvalue weighted by atomic mass is 9.85. The molecule has 1 heterocycles. The number of nitrogens with zero attached hydrogens (tertiary/aromatic N) is 3. The van der Waals surface area contributed by atoms with Crippen molar-refractivity contribution in [3.8, 4) is 11.4 Å². The first-order valence-electron chi connectivity index (χ1n) is 8.38. The minimum Gasteiger partial charge on any atom is -0.505 e. The summed E-state index contributed by atoms with van der Waals surface area (Å²) in [6.45, 7) is 9.89. The van der Waals surface area contributed by atoms with E-state index in [1.54, 1.807) is 0 Å². The molecule has 0 spiro atoms. The Kier molecular flexibility index (Phi) is 4.50. The number of benzene rings is 2. The zero-order chi connectivity index (χ0) is 18.9. The van der Waals surface area contributed by atoms with Crippen molar-refractivity contribution in [1.29, 1.82) is 0 Å². The van der Waals surface area contributed by atoms with E-state index in [4.69, 9.17) is 0 Å². The zero-order valence-electron chi connectivity index (χ0n) is 15.2. The average molecular weight is 350 g/mol. The summed E-state index contributed by atoms with van der Waals surface area (Å²) in [5.41, 5.74) is 3.44. The maximum Gasteiger partial charge on any atom is 0.243 e. The van der Waals surface area contributed by atoms with E-state index in [0.29, 0.717) is 11.3 Å². The molecule has 0 unspecified atom stereocenters. The van der Waals surface area contributed by atoms with Crippen molar-refractivity contribution < 1.29 is 9.90 Å². The summed E-state index contributed by atoms with van der Waals surface area (Å²) in [5, 5.41) is 22.4. The van der Waals surface area contributed by atoms with Crippen LogP contribution in [0.1, 0.15) is 31.9 Å². The summed E-state index contributed by atoms with van der Waals surface area (Å²) in [6.07, 6.45) is 1.20. The highest BCUT2D eigenvalue weighted by atomic mass is 16.3. The molecule has 3 rings (SSSR count). The second kappa shape index (κ2) is 6.63. The molecule has 0 saturated heterocycles. The Morgan fingerprint density at radius 1 is 1.23 bits per heavy atom. The molecule has 0 aliphatic rings. The largest absolute Gasteiger partial charge is 0.505 e. The first kappa shape index (κ1) is 17.7. The summed E-state index contributed by atoms with van der Waals surface area (Å²) in [4.78, 5) is 12.9. The van der Waals surface area contributed by atoms with Crippen molar-refractivity contribution in [2.45, 2.75) is 32.7 Å². The second-order valence-electron chi connectivity index (χ2n) is 7.15. The third-order valence-corrected chi connectivity index (χ3v) is 4.18. The van der Waals surface area contributed by atoms with Crippen LogP contribution in [-0.2, 0) is 16.8 Å². The molecule has 1 amide bonds. The van der Waals surface area contributed by atoms with Crippen molar-refractivity contribution >= 4 is 16.9 Å². The van der Waals surface area contributed by atoms with Gasteiger partial charge in [0, 0.05) is 12.1 Å². The topological polar surface area (TPSA) is 80.0 Å². The zero-order valence-corrected chi connectivity index (χ0v) is 15.2. The Morgan fingerprint density at radius 3 is 2.38 bits per heavy atom. The SMILES string of the molecule is C=CC(=O)NCc1cc(C(C)(C)C)cc(-n2nc3ccccc3n2)c1O. The van der Waals surface area contributed by atoms with Crippen LogP contribution in [0, 0.1) is 0 Å². The molecule has 134 valence electrons. The van der Waals surface area contributed by atoms with Gasteiger partial charge in [-0.25, -0.2) is 0 Å². The van der Waals surface area contributed by atoms with Crippen LogP contribution >= 0.6 is 0 Å². The second-order valence-corrected chi connectivity index (χ2v) is 7.15. The van der Waals surface area contributed by atoms with Gasteiger partial charge in [-0.2, -0.15) is 0 Å². The normalized spacial score (nSPS) is 11.5. The molecular formula is C20H22N4O2. The fourth-order valence-electron chi connectivity index (χ4n) is 2.62. The lowest BCUT2D eigenvalue weighted by molar-refractivity contribution is -0.116. The van der Waals surface area contributed by atoms with Crippen molar-refractivity contribution in [2.75, 3.05) is 0 Å². The van der Waals surface area contributed by atoms with E-state index in [1.165, 1.54) is 10.9 Å². The smallest absolute Gasteiger partial charge is 0.243 e. The number of fused-ring (bicyclic) bond motifs is 1. The van der Waals surface area contributed by atoms with E-state index in [0.717, 1.165) is 16.6 Å². The van der Waals surface area contributed by atoms with Gasteiger partial charge in [-0.05, 0) is 41.3 Å². The molecule has 0 aliphatic carbocycles. The third-order valence-electron chi connectivity index (χ3n) is 4.18. The van der Waals surface area contributed by atoms with Crippen molar-refractivity contribution in [3.63, 3.8) is 0 Å². The number of amides is 1. The van der Waals surface area contributed by atoms with Crippen LogP contribution in [0.25, 0.3) is 16.7 Å². The summed E-state index contributed by atoms with van der Waals surface area (Å²) < 4.78 is 0. The van der Waals surface area contributed by atoms with Gasteiger partial charge < -0.3 is 10.4 Å². The lowest BCUT2D eigenvalue weighted by Gasteiger charge is -2.22. The molecule has 0 radical (unpaired) electrons. The van der Waals surface area contributed by atoms with E-state index >= 15 is 0 Å². The number of aromatic hydroxyl groups is 1. The Hall–Kier alpha value is -3.15. The molecule has 6 nitrogen and oxygen atoms in total. The highest BCUT2D eigenvalue weighted by Crippen LogP contribution is 2.33. The van der Waals surface area contributed by atoms with Gasteiger partial charge >= 0.3 is 0 Å². The summed E-state index contributed by atoms with van der Waals surface area (Å²) >= 11 is 0. The number of hydrogen-bond acceptors (Lipinski definition) is 4. The Bertz CT molecular complexity index is 950. The number of phenols is 1. The molecule has 6 heteroatoms. The van der Waals surface area contributed by atoms with E-state index in [9.17, 15) is 9.90 Å². The highest BCUT2D eigenvalue weighted by molar-refractivity contribution is 5.86. The quantitative estimate of drug-likeness (QED) is 0.708. The summed E-state index contributed by atoms with van der Waals surface area (Å²) in [5.74, 6) is -0.252. The van der Waals surface area contributed by atoms with E-state index in [2.05, 4.69) is 42.9 Å². The van der Waals surface area contributed by atoms with Crippen LogP contribution in [0.5, 0.6) is 5.75 Å². The molecule has 2 aromatic carbocycles. The number of carbonyl (C=O) groups excluding carboxylic acids is 1. The highest BCUT2D eigenvalue weighted by Gasteiger charge is 2.21. The first-order valence-corrected chi connectivity index (χ1v) is 8.38. The molecule has 0 saturated carbocycles. The van der Waals surface area contributed by atoms with Crippen molar-refractivity contribution in [3.05, 3.63) is 60.2 Å². The van der Waals surface area contributed by atoms with Crippen LogP contribution in [0.15, 0.2) is 49.1 Å². The van der Waals surface area contributed by atoms with Gasteiger partial charge in [0.25, 0.3) is 0 Å². The molecule has 3 aromatic rings. The molecule has 0 bridgehead atoms. The molecule has 2 N–H and O–H groups in total. The molecule has 26 heavy (non-hydrogen) atoms. The Morgan fingerprint density at radius 2 is 1.85 bits per heavy atom. The maximum absolute atomic E-state index is 11.5. The van der Waals surface area contributed by atoms with Gasteiger partial charge in [0.2, 0.25) is 5.91 Å². The van der Waals surface area contributed by atoms with Crippen molar-refractivity contribution in [1.82, 2.24) is 20.3 Å². The number of carbonyl (C=O) groups is 1. The fraction of sp³-hybridized carbons (Fsp3) is 0.250. The number of hydrogen-bond donors (Lipinski definition) is 2. The molecular weight excluding hydrogens is 328 g/mol. The number of aromatic nitrogens is 3. The predicted octanol–water partition coefficient (Wildman–Crippen LogP) is 3.23. The van der Waals surface area contributed by atoms with Gasteiger partial charge in [0.05, 0.1) is 0 Å². The van der Waals surface area contributed by atoms with Gasteiger partial charge in [-0.3, -0.25) is 4.79 Å².